The first-order chi connectivity index (χ1) is 15.6. The van der Waals surface area contributed by atoms with Crippen LogP contribution in [0.3, 0.4) is 0 Å². The second-order valence-corrected chi connectivity index (χ2v) is 9.44. The van der Waals surface area contributed by atoms with E-state index in [2.05, 4.69) is 31.2 Å². The van der Waals surface area contributed by atoms with Gasteiger partial charge in [-0.2, -0.15) is 4.39 Å². The van der Waals surface area contributed by atoms with E-state index in [1.165, 1.54) is 44.6 Å². The fourth-order valence-corrected chi connectivity index (χ4v) is 5.17. The Labute approximate surface area is 193 Å². The van der Waals surface area contributed by atoms with Crippen LogP contribution in [0.25, 0.3) is 0 Å². The van der Waals surface area contributed by atoms with Gasteiger partial charge in [0.25, 0.3) is 0 Å². The zero-order valence-electron chi connectivity index (χ0n) is 19.8. The summed E-state index contributed by atoms with van der Waals surface area (Å²) in [5.74, 6) is 0.511. The maximum absolute atomic E-state index is 14.2. The Hall–Kier alpha value is -1.68. The minimum atomic E-state index is -0.921. The van der Waals surface area contributed by atoms with Gasteiger partial charge in [-0.25, -0.2) is 4.39 Å². The predicted octanol–water partition coefficient (Wildman–Crippen LogP) is 8.16. The van der Waals surface area contributed by atoms with Gasteiger partial charge < -0.3 is 9.47 Å². The summed E-state index contributed by atoms with van der Waals surface area (Å²) in [4.78, 5) is 0. The molecule has 0 aliphatic heterocycles. The van der Waals surface area contributed by atoms with E-state index in [9.17, 15) is 8.78 Å². The number of benzene rings is 1. The van der Waals surface area contributed by atoms with E-state index in [1.54, 1.807) is 13.0 Å². The number of hydrogen-bond donors (Lipinski definition) is 0. The topological polar surface area (TPSA) is 18.5 Å². The molecule has 4 heteroatoms. The van der Waals surface area contributed by atoms with Gasteiger partial charge in [0.05, 0.1) is 19.3 Å². The van der Waals surface area contributed by atoms with Crippen LogP contribution in [0.2, 0.25) is 0 Å². The van der Waals surface area contributed by atoms with Crippen molar-refractivity contribution in [2.45, 2.75) is 90.8 Å². The van der Waals surface area contributed by atoms with Gasteiger partial charge >= 0.3 is 0 Å². The van der Waals surface area contributed by atoms with E-state index in [0.29, 0.717) is 6.61 Å². The van der Waals surface area contributed by atoms with Crippen LogP contribution in [0.15, 0.2) is 36.4 Å². The molecule has 0 amide bonds. The van der Waals surface area contributed by atoms with Crippen LogP contribution in [0, 0.1) is 29.4 Å². The van der Waals surface area contributed by atoms with Crippen LogP contribution in [0.1, 0.15) is 83.6 Å². The second kappa shape index (κ2) is 13.1. The molecule has 0 saturated heterocycles. The highest BCUT2D eigenvalue weighted by molar-refractivity contribution is 5.30. The molecule has 1 aromatic rings. The zero-order chi connectivity index (χ0) is 22.8. The molecule has 0 spiro atoms. The van der Waals surface area contributed by atoms with E-state index in [-0.39, 0.29) is 24.0 Å². The van der Waals surface area contributed by atoms with Crippen LogP contribution in [-0.2, 0) is 11.3 Å². The van der Waals surface area contributed by atoms with Gasteiger partial charge in [-0.15, -0.1) is 0 Å². The Kier molecular flexibility index (Phi) is 10.2. The lowest BCUT2D eigenvalue weighted by atomic mass is 9.81. The molecule has 0 heterocycles. The van der Waals surface area contributed by atoms with Gasteiger partial charge in [-0.3, -0.25) is 0 Å². The normalized spacial score (nSPS) is 26.8. The Morgan fingerprint density at radius 1 is 0.906 bits per heavy atom. The van der Waals surface area contributed by atoms with Crippen molar-refractivity contribution in [3.63, 3.8) is 0 Å². The van der Waals surface area contributed by atoms with Gasteiger partial charge in [0.1, 0.15) is 0 Å². The Bertz CT molecular complexity index is 742. The third-order valence-electron chi connectivity index (χ3n) is 7.13. The SMILES string of the molecule is C/C=C/C1CCC(/C=C/CCC2CCC(OCc3ccc(OCC)c(F)c3F)CC2)CC1. The molecular weight excluding hydrogens is 406 g/mol. The molecule has 0 radical (unpaired) electrons. The number of rotatable bonds is 10. The molecule has 0 unspecified atom stereocenters. The number of hydrogen-bond acceptors (Lipinski definition) is 2. The summed E-state index contributed by atoms with van der Waals surface area (Å²) in [6.45, 7) is 4.29. The van der Waals surface area contributed by atoms with Crippen molar-refractivity contribution in [2.24, 2.45) is 17.8 Å². The van der Waals surface area contributed by atoms with Crippen molar-refractivity contribution in [3.8, 4) is 5.75 Å². The zero-order valence-corrected chi connectivity index (χ0v) is 19.8. The maximum atomic E-state index is 14.2. The van der Waals surface area contributed by atoms with Gasteiger partial charge in [0.2, 0.25) is 5.82 Å². The summed E-state index contributed by atoms with van der Waals surface area (Å²) in [5, 5.41) is 0. The summed E-state index contributed by atoms with van der Waals surface area (Å²) in [5.41, 5.74) is 0.262. The predicted molar refractivity (Wildman–Crippen MR) is 127 cm³/mol. The van der Waals surface area contributed by atoms with E-state index >= 15 is 0 Å². The monoisotopic (exact) mass is 446 g/mol. The van der Waals surface area contributed by atoms with Crippen molar-refractivity contribution < 1.29 is 18.3 Å². The average Bonchev–Trinajstić information content (AvgIpc) is 2.81. The smallest absolute Gasteiger partial charge is 0.200 e. The highest BCUT2D eigenvalue weighted by atomic mass is 19.2. The Balaban J connectivity index is 1.31. The van der Waals surface area contributed by atoms with E-state index < -0.39 is 11.6 Å². The van der Waals surface area contributed by atoms with Crippen LogP contribution >= 0.6 is 0 Å². The molecule has 2 nitrogen and oxygen atoms in total. The van der Waals surface area contributed by atoms with Crippen molar-refractivity contribution in [1.82, 2.24) is 0 Å². The van der Waals surface area contributed by atoms with Crippen molar-refractivity contribution in [3.05, 3.63) is 53.6 Å². The molecule has 2 fully saturated rings. The largest absolute Gasteiger partial charge is 0.491 e. The van der Waals surface area contributed by atoms with Crippen molar-refractivity contribution in [2.75, 3.05) is 6.61 Å². The number of ether oxygens (including phenoxy) is 2. The summed E-state index contributed by atoms with van der Waals surface area (Å²) in [6, 6.07) is 3.05. The standard InChI is InChI=1S/C28H40F2O2/c1-3-7-21-10-12-22(13-11-21)8-5-6-9-23-14-17-25(18-15-23)32-20-24-16-19-26(31-4-2)28(30)27(24)29/h3,5,7-8,16,19,21-23,25H,4,6,9-15,17-18,20H2,1-2H3/b7-3+,8-5+. The third kappa shape index (κ3) is 7.43. The molecule has 32 heavy (non-hydrogen) atoms. The van der Waals surface area contributed by atoms with Gasteiger partial charge in [-0.1, -0.05) is 24.3 Å². The van der Waals surface area contributed by atoms with Crippen LogP contribution < -0.4 is 4.74 Å². The second-order valence-electron chi connectivity index (χ2n) is 9.44. The first kappa shape index (κ1) is 25.0. The average molecular weight is 447 g/mol. The highest BCUT2D eigenvalue weighted by Crippen LogP contribution is 2.32. The molecule has 0 aromatic heterocycles. The number of allylic oxidation sites excluding steroid dienone is 4. The first-order valence-electron chi connectivity index (χ1n) is 12.6. The van der Waals surface area contributed by atoms with Gasteiger partial charge in [0.15, 0.2) is 11.6 Å². The fraction of sp³-hybridized carbons (Fsp3) is 0.643. The molecule has 2 aliphatic carbocycles. The lowest BCUT2D eigenvalue weighted by Gasteiger charge is -2.28. The molecule has 2 aliphatic rings. The van der Waals surface area contributed by atoms with Gasteiger partial charge in [0, 0.05) is 5.56 Å². The Morgan fingerprint density at radius 2 is 1.59 bits per heavy atom. The molecule has 0 N–H and O–H groups in total. The molecule has 0 atom stereocenters. The van der Waals surface area contributed by atoms with E-state index in [1.807, 2.05) is 0 Å². The van der Waals surface area contributed by atoms with Crippen LogP contribution in [-0.4, -0.2) is 12.7 Å². The summed E-state index contributed by atoms with van der Waals surface area (Å²) < 4.78 is 39.3. The molecule has 3 rings (SSSR count). The third-order valence-corrected chi connectivity index (χ3v) is 7.13. The van der Waals surface area contributed by atoms with E-state index in [4.69, 9.17) is 9.47 Å². The summed E-state index contributed by atoms with van der Waals surface area (Å²) >= 11 is 0. The molecular formula is C28H40F2O2. The molecule has 1 aromatic carbocycles. The Morgan fingerprint density at radius 3 is 2.25 bits per heavy atom. The maximum Gasteiger partial charge on any atom is 0.200 e. The number of halogens is 2. The summed E-state index contributed by atoms with van der Waals surface area (Å²) in [6.07, 6.45) is 21.6. The van der Waals surface area contributed by atoms with Gasteiger partial charge in [-0.05, 0) is 108 Å². The van der Waals surface area contributed by atoms with Crippen LogP contribution in [0.5, 0.6) is 5.75 Å². The molecule has 178 valence electrons. The highest BCUT2D eigenvalue weighted by Gasteiger charge is 2.23. The molecule has 0 bridgehead atoms. The minimum Gasteiger partial charge on any atom is -0.491 e. The minimum absolute atomic E-state index is 0.0374. The first-order valence-corrected chi connectivity index (χ1v) is 12.6. The van der Waals surface area contributed by atoms with Crippen molar-refractivity contribution >= 4 is 0 Å². The lowest BCUT2D eigenvalue weighted by molar-refractivity contribution is 0.00506. The molecule has 2 saturated carbocycles. The van der Waals surface area contributed by atoms with Crippen LogP contribution in [0.4, 0.5) is 8.78 Å². The quantitative estimate of drug-likeness (QED) is 0.338. The fourth-order valence-electron chi connectivity index (χ4n) is 5.17. The summed E-state index contributed by atoms with van der Waals surface area (Å²) in [7, 11) is 0. The lowest BCUT2D eigenvalue weighted by Crippen LogP contribution is -2.21. The van der Waals surface area contributed by atoms with E-state index in [0.717, 1.165) is 43.4 Å². The van der Waals surface area contributed by atoms with Crippen molar-refractivity contribution in [1.29, 1.82) is 0 Å².